The summed E-state index contributed by atoms with van der Waals surface area (Å²) >= 11 is 0. The van der Waals surface area contributed by atoms with Crippen molar-refractivity contribution in [2.45, 2.75) is 65.0 Å². The molecule has 0 amide bonds. The lowest BCUT2D eigenvalue weighted by Crippen LogP contribution is -2.10. The summed E-state index contributed by atoms with van der Waals surface area (Å²) in [5.41, 5.74) is 1.42. The second-order valence-corrected chi connectivity index (χ2v) is 7.26. The van der Waals surface area contributed by atoms with E-state index in [4.69, 9.17) is 14.2 Å². The Balaban J connectivity index is 1.32. The van der Waals surface area contributed by atoms with E-state index in [0.717, 1.165) is 64.5 Å². The third kappa shape index (κ3) is 11.2. The van der Waals surface area contributed by atoms with E-state index < -0.39 is 0 Å². The second-order valence-electron chi connectivity index (χ2n) is 7.26. The summed E-state index contributed by atoms with van der Waals surface area (Å²) in [6, 6.07) is 10.7. The molecule has 1 heterocycles. The Morgan fingerprint density at radius 1 is 0.793 bits per heavy atom. The quantitative estimate of drug-likeness (QED) is 0.328. The predicted molar refractivity (Wildman–Crippen MR) is 117 cm³/mol. The largest absolute Gasteiger partial charge is 0.381 e. The summed E-state index contributed by atoms with van der Waals surface area (Å²) in [5, 5.41) is 0. The van der Waals surface area contributed by atoms with Crippen LogP contribution in [0.15, 0.2) is 42.7 Å². The Kier molecular flexibility index (Phi) is 13.1. The lowest BCUT2D eigenvalue weighted by molar-refractivity contribution is 0.108. The summed E-state index contributed by atoms with van der Waals surface area (Å²) in [6.45, 7) is 7.43. The first-order chi connectivity index (χ1) is 14.4. The van der Waals surface area contributed by atoms with Crippen molar-refractivity contribution in [3.63, 3.8) is 0 Å². The number of unbranched alkanes of at least 4 members (excludes halogenated alkanes) is 4. The Morgan fingerprint density at radius 2 is 1.48 bits per heavy atom. The van der Waals surface area contributed by atoms with Crippen molar-refractivity contribution in [1.29, 1.82) is 0 Å². The zero-order valence-electron chi connectivity index (χ0n) is 18.1. The van der Waals surface area contributed by atoms with E-state index in [1.807, 2.05) is 19.3 Å². The molecule has 0 aliphatic rings. The maximum atomic E-state index is 5.75. The maximum Gasteiger partial charge on any atom is 0.134 e. The van der Waals surface area contributed by atoms with Gasteiger partial charge in [-0.2, -0.15) is 0 Å². The highest BCUT2D eigenvalue weighted by Crippen LogP contribution is 2.06. The molecule has 0 aliphatic heterocycles. The molecule has 2 rings (SSSR count). The second kappa shape index (κ2) is 16.1. The van der Waals surface area contributed by atoms with Gasteiger partial charge in [-0.1, -0.05) is 43.2 Å². The molecule has 0 N–H and O–H groups in total. The first-order valence-corrected chi connectivity index (χ1v) is 11.2. The average molecular weight is 403 g/mol. The number of aryl methyl sites for hydroxylation is 1. The fraction of sp³-hybridized carbons (Fsp3) is 0.625. The van der Waals surface area contributed by atoms with Crippen molar-refractivity contribution in [2.75, 3.05) is 33.0 Å². The number of ether oxygens (including phenoxy) is 3. The Bertz CT molecular complexity index is 616. The summed E-state index contributed by atoms with van der Waals surface area (Å²) in [7, 11) is 0. The van der Waals surface area contributed by atoms with Gasteiger partial charge in [0.25, 0.3) is 0 Å². The van der Waals surface area contributed by atoms with Gasteiger partial charge in [0.05, 0.1) is 6.61 Å². The number of nitrogens with zero attached hydrogens (tertiary/aromatic N) is 2. The van der Waals surface area contributed by atoms with Crippen molar-refractivity contribution in [1.82, 2.24) is 9.55 Å². The fourth-order valence-corrected chi connectivity index (χ4v) is 3.18. The molecule has 2 aromatic rings. The molecule has 5 heteroatoms. The van der Waals surface area contributed by atoms with Crippen molar-refractivity contribution >= 4 is 0 Å². The van der Waals surface area contributed by atoms with Gasteiger partial charge in [-0.3, -0.25) is 0 Å². The average Bonchev–Trinajstić information content (AvgIpc) is 3.20. The first-order valence-electron chi connectivity index (χ1n) is 11.2. The maximum absolute atomic E-state index is 5.75. The highest BCUT2D eigenvalue weighted by molar-refractivity contribution is 5.14. The lowest BCUT2D eigenvalue weighted by Gasteiger charge is -2.09. The Labute approximate surface area is 176 Å². The monoisotopic (exact) mass is 402 g/mol. The number of hydrogen-bond acceptors (Lipinski definition) is 4. The molecule has 1 aromatic heterocycles. The van der Waals surface area contributed by atoms with Crippen LogP contribution in [0.1, 0.15) is 56.8 Å². The van der Waals surface area contributed by atoms with Gasteiger partial charge in [0.15, 0.2) is 0 Å². The molecular formula is C24H38N2O3. The van der Waals surface area contributed by atoms with Gasteiger partial charge in [0.2, 0.25) is 0 Å². The molecule has 0 fully saturated rings. The van der Waals surface area contributed by atoms with Crippen molar-refractivity contribution < 1.29 is 14.2 Å². The first kappa shape index (κ1) is 23.6. The van der Waals surface area contributed by atoms with Crippen LogP contribution in [0.5, 0.6) is 0 Å². The molecule has 0 aliphatic carbocycles. The molecule has 0 bridgehead atoms. The summed E-state index contributed by atoms with van der Waals surface area (Å²) in [4.78, 5) is 4.32. The molecule has 0 saturated heterocycles. The number of imidazole rings is 1. The van der Waals surface area contributed by atoms with Gasteiger partial charge in [-0.25, -0.2) is 4.98 Å². The molecule has 162 valence electrons. The van der Waals surface area contributed by atoms with Gasteiger partial charge in [-0.05, 0) is 44.6 Å². The van der Waals surface area contributed by atoms with E-state index in [1.165, 1.54) is 24.8 Å². The number of aromatic nitrogens is 2. The highest BCUT2D eigenvalue weighted by Gasteiger charge is 2.02. The van der Waals surface area contributed by atoms with E-state index in [-0.39, 0.29) is 0 Å². The molecule has 0 unspecified atom stereocenters. The molecule has 5 nitrogen and oxygen atoms in total. The van der Waals surface area contributed by atoms with E-state index in [1.54, 1.807) is 0 Å². The van der Waals surface area contributed by atoms with E-state index >= 15 is 0 Å². The minimum absolute atomic E-state index is 0.568. The molecule has 0 saturated carbocycles. The summed E-state index contributed by atoms with van der Waals surface area (Å²) in [5.74, 6) is 0.968. The van der Waals surface area contributed by atoms with Crippen molar-refractivity contribution in [3.8, 4) is 0 Å². The Hall–Kier alpha value is -1.69. The van der Waals surface area contributed by atoms with Crippen LogP contribution in [0.3, 0.4) is 0 Å². The van der Waals surface area contributed by atoms with Gasteiger partial charge < -0.3 is 18.8 Å². The third-order valence-corrected chi connectivity index (χ3v) is 4.89. The topological polar surface area (TPSA) is 45.5 Å². The molecule has 0 radical (unpaired) electrons. The molecule has 0 atom stereocenters. The molecule has 0 spiro atoms. The van der Waals surface area contributed by atoms with E-state index in [9.17, 15) is 0 Å². The van der Waals surface area contributed by atoms with E-state index in [0.29, 0.717) is 13.2 Å². The third-order valence-electron chi connectivity index (χ3n) is 4.89. The number of rotatable bonds is 18. The smallest absolute Gasteiger partial charge is 0.134 e. The zero-order valence-corrected chi connectivity index (χ0v) is 18.1. The Morgan fingerprint density at radius 3 is 2.21 bits per heavy atom. The van der Waals surface area contributed by atoms with Crippen LogP contribution in [-0.4, -0.2) is 42.6 Å². The molecule has 1 aromatic carbocycles. The van der Waals surface area contributed by atoms with Gasteiger partial charge in [-0.15, -0.1) is 0 Å². The van der Waals surface area contributed by atoms with Crippen LogP contribution in [0.4, 0.5) is 0 Å². The highest BCUT2D eigenvalue weighted by atomic mass is 16.5. The van der Waals surface area contributed by atoms with Gasteiger partial charge in [0, 0.05) is 45.4 Å². The van der Waals surface area contributed by atoms with E-state index in [2.05, 4.69) is 39.9 Å². The standard InChI is InChI=1S/C24H38N2O3/c1-2-27-22-24-25-15-16-26(24)17-21-29-19-10-4-3-9-18-28-20-11-8-14-23-12-6-5-7-13-23/h5-7,12-13,15-16H,2-4,8-11,14,17-22H2,1H3. The van der Waals surface area contributed by atoms with Crippen LogP contribution in [-0.2, 0) is 33.8 Å². The minimum Gasteiger partial charge on any atom is -0.381 e. The van der Waals surface area contributed by atoms with Crippen LogP contribution >= 0.6 is 0 Å². The summed E-state index contributed by atoms with van der Waals surface area (Å²) in [6.07, 6.45) is 12.0. The molecule has 29 heavy (non-hydrogen) atoms. The van der Waals surface area contributed by atoms with Crippen LogP contribution in [0.25, 0.3) is 0 Å². The predicted octanol–water partition coefficient (Wildman–Crippen LogP) is 5.04. The van der Waals surface area contributed by atoms with Gasteiger partial charge in [0.1, 0.15) is 12.4 Å². The number of benzene rings is 1. The van der Waals surface area contributed by atoms with Crippen molar-refractivity contribution in [2.24, 2.45) is 0 Å². The van der Waals surface area contributed by atoms with Crippen LogP contribution < -0.4 is 0 Å². The number of hydrogen-bond donors (Lipinski definition) is 0. The van der Waals surface area contributed by atoms with Gasteiger partial charge >= 0.3 is 0 Å². The lowest BCUT2D eigenvalue weighted by atomic mass is 10.1. The molecular weight excluding hydrogens is 364 g/mol. The minimum atomic E-state index is 0.568. The summed E-state index contributed by atoms with van der Waals surface area (Å²) < 4.78 is 19.0. The fourth-order valence-electron chi connectivity index (χ4n) is 3.18. The van der Waals surface area contributed by atoms with Crippen LogP contribution in [0.2, 0.25) is 0 Å². The zero-order chi connectivity index (χ0) is 20.4. The van der Waals surface area contributed by atoms with Crippen molar-refractivity contribution in [3.05, 3.63) is 54.1 Å². The SMILES string of the molecule is CCOCc1nccn1CCOCCCCCCOCCCCc1ccccc1. The van der Waals surface area contributed by atoms with Crippen LogP contribution in [0, 0.1) is 0 Å². The normalized spacial score (nSPS) is 11.2.